The fourth-order valence-electron chi connectivity index (χ4n) is 5.06. The van der Waals surface area contributed by atoms with Crippen molar-refractivity contribution in [2.75, 3.05) is 32.9 Å². The lowest BCUT2D eigenvalue weighted by atomic mass is 9.94. The number of aliphatic hydroxyl groups excluding tert-OH is 1. The Hall–Kier alpha value is -3.84. The van der Waals surface area contributed by atoms with Crippen LogP contribution in [0.4, 0.5) is 0 Å². The van der Waals surface area contributed by atoms with Crippen LogP contribution in [-0.4, -0.2) is 55.6 Å². The third-order valence-electron chi connectivity index (χ3n) is 7.03. The van der Waals surface area contributed by atoms with Gasteiger partial charge in [0.2, 0.25) is 6.41 Å². The van der Waals surface area contributed by atoms with Gasteiger partial charge in [-0.05, 0) is 78.8 Å². The summed E-state index contributed by atoms with van der Waals surface area (Å²) < 4.78 is 17.8. The predicted octanol–water partition coefficient (Wildman–Crippen LogP) is 5.22. The van der Waals surface area contributed by atoms with Crippen molar-refractivity contribution in [3.05, 3.63) is 76.9 Å². The van der Waals surface area contributed by atoms with Gasteiger partial charge in [-0.3, -0.25) is 4.79 Å². The van der Waals surface area contributed by atoms with Crippen LogP contribution >= 0.6 is 0 Å². The maximum atomic E-state index is 11.2. The van der Waals surface area contributed by atoms with Gasteiger partial charge in [-0.15, -0.1) is 0 Å². The highest BCUT2D eigenvalue weighted by atomic mass is 16.5. The Morgan fingerprint density at radius 3 is 2.56 bits per heavy atom. The average molecular weight is 532 g/mol. The average Bonchev–Trinajstić information content (AvgIpc) is 3.33. The Morgan fingerprint density at radius 1 is 1.00 bits per heavy atom. The SMILES string of the molecule is Cc1cc(OCCN(C=O)CCCC=O)cc(C)c1-c1cccc(COc2ccc3c(c2)OCC3CCO)c1. The number of nitrogens with zero attached hydrogens (tertiary/aromatic N) is 1. The van der Waals surface area contributed by atoms with E-state index >= 15 is 0 Å². The molecule has 39 heavy (non-hydrogen) atoms. The molecule has 206 valence electrons. The minimum Gasteiger partial charge on any atom is -0.493 e. The maximum absolute atomic E-state index is 11.2. The topological polar surface area (TPSA) is 85.3 Å². The van der Waals surface area contributed by atoms with Crippen molar-refractivity contribution in [2.24, 2.45) is 0 Å². The van der Waals surface area contributed by atoms with Crippen molar-refractivity contribution in [1.82, 2.24) is 4.90 Å². The summed E-state index contributed by atoms with van der Waals surface area (Å²) >= 11 is 0. The Kier molecular flexibility index (Phi) is 9.97. The van der Waals surface area contributed by atoms with Gasteiger partial charge in [0.1, 0.15) is 36.7 Å². The van der Waals surface area contributed by atoms with Crippen molar-refractivity contribution in [1.29, 1.82) is 0 Å². The van der Waals surface area contributed by atoms with E-state index in [0.29, 0.717) is 52.2 Å². The van der Waals surface area contributed by atoms with Gasteiger partial charge in [0.15, 0.2) is 0 Å². The molecule has 1 aliphatic heterocycles. The molecule has 0 aromatic heterocycles. The van der Waals surface area contributed by atoms with E-state index in [1.807, 2.05) is 36.4 Å². The molecule has 1 N–H and O–H groups in total. The largest absolute Gasteiger partial charge is 0.493 e. The lowest BCUT2D eigenvalue weighted by molar-refractivity contribution is -0.119. The highest BCUT2D eigenvalue weighted by molar-refractivity contribution is 5.72. The number of amides is 1. The molecule has 0 saturated carbocycles. The van der Waals surface area contributed by atoms with Gasteiger partial charge < -0.3 is 29.0 Å². The second-order valence-electron chi connectivity index (χ2n) is 9.94. The zero-order valence-corrected chi connectivity index (χ0v) is 22.7. The first kappa shape index (κ1) is 28.2. The van der Waals surface area contributed by atoms with E-state index in [4.69, 9.17) is 14.2 Å². The van der Waals surface area contributed by atoms with Crippen LogP contribution in [0.2, 0.25) is 0 Å². The van der Waals surface area contributed by atoms with Crippen LogP contribution in [0.15, 0.2) is 54.6 Å². The lowest BCUT2D eigenvalue weighted by Gasteiger charge is -2.18. The molecule has 3 aromatic carbocycles. The zero-order chi connectivity index (χ0) is 27.6. The lowest BCUT2D eigenvalue weighted by Crippen LogP contribution is -2.28. The van der Waals surface area contributed by atoms with Crippen LogP contribution in [0.1, 0.15) is 47.4 Å². The summed E-state index contributed by atoms with van der Waals surface area (Å²) in [5.74, 6) is 2.61. The van der Waals surface area contributed by atoms with E-state index in [0.717, 1.165) is 63.3 Å². The predicted molar refractivity (Wildman–Crippen MR) is 150 cm³/mol. The summed E-state index contributed by atoms with van der Waals surface area (Å²) in [6, 6.07) is 18.3. The van der Waals surface area contributed by atoms with Crippen LogP contribution in [0.25, 0.3) is 11.1 Å². The van der Waals surface area contributed by atoms with Gasteiger partial charge in [-0.25, -0.2) is 0 Å². The summed E-state index contributed by atoms with van der Waals surface area (Å²) in [4.78, 5) is 23.4. The molecule has 0 spiro atoms. The van der Waals surface area contributed by atoms with Gasteiger partial charge in [-0.2, -0.15) is 0 Å². The monoisotopic (exact) mass is 531 g/mol. The number of unbranched alkanes of at least 4 members (excludes halogenated alkanes) is 1. The Morgan fingerprint density at radius 2 is 1.82 bits per heavy atom. The molecule has 0 aliphatic carbocycles. The van der Waals surface area contributed by atoms with Crippen LogP contribution in [0.5, 0.6) is 17.2 Å². The number of aliphatic hydroxyl groups is 1. The third-order valence-corrected chi connectivity index (χ3v) is 7.03. The summed E-state index contributed by atoms with van der Waals surface area (Å²) in [7, 11) is 0. The summed E-state index contributed by atoms with van der Waals surface area (Å²) in [5.41, 5.74) is 6.68. The first-order valence-corrected chi connectivity index (χ1v) is 13.5. The number of benzene rings is 3. The number of rotatable bonds is 15. The summed E-state index contributed by atoms with van der Waals surface area (Å²) in [6.45, 7) is 6.75. The number of carbonyl (C=O) groups is 2. The van der Waals surface area contributed by atoms with Crippen molar-refractivity contribution in [2.45, 2.75) is 45.6 Å². The van der Waals surface area contributed by atoms with Crippen molar-refractivity contribution >= 4 is 12.7 Å². The molecular formula is C32H37NO6. The Bertz CT molecular complexity index is 1250. The number of aryl methyl sites for hydroxylation is 2. The normalized spacial score (nSPS) is 13.9. The second kappa shape index (κ2) is 13.8. The van der Waals surface area contributed by atoms with Crippen LogP contribution in [0.3, 0.4) is 0 Å². The van der Waals surface area contributed by atoms with Crippen LogP contribution in [-0.2, 0) is 16.2 Å². The molecule has 0 bridgehead atoms. The number of carbonyl (C=O) groups excluding carboxylic acids is 2. The quantitative estimate of drug-likeness (QED) is 0.214. The van der Waals surface area contributed by atoms with Gasteiger partial charge in [0.05, 0.1) is 13.2 Å². The highest BCUT2D eigenvalue weighted by Gasteiger charge is 2.24. The molecular weight excluding hydrogens is 494 g/mol. The summed E-state index contributed by atoms with van der Waals surface area (Å²) in [6.07, 6.45) is 3.49. The molecule has 1 atom stereocenters. The number of fused-ring (bicyclic) bond motifs is 1. The fourth-order valence-corrected chi connectivity index (χ4v) is 5.06. The first-order valence-electron chi connectivity index (χ1n) is 13.5. The molecule has 0 fully saturated rings. The maximum Gasteiger partial charge on any atom is 0.209 e. The number of hydrogen-bond acceptors (Lipinski definition) is 6. The Balaban J connectivity index is 1.37. The van der Waals surface area contributed by atoms with E-state index in [-0.39, 0.29) is 12.5 Å². The molecule has 7 heteroatoms. The minimum atomic E-state index is 0.154. The standard InChI is InChI=1S/C32H37NO6/c1-23-16-29(37-15-12-33(22-36)11-3-4-13-34)17-24(2)32(23)26-7-5-6-25(18-26)20-38-28-8-9-30-27(10-14-35)21-39-31(30)19-28/h5-9,13,16-19,22,27,35H,3-4,10-12,14-15,20-21H2,1-2H3. The van der Waals surface area contributed by atoms with Crippen LogP contribution < -0.4 is 14.2 Å². The van der Waals surface area contributed by atoms with Crippen molar-refractivity contribution in [3.63, 3.8) is 0 Å². The van der Waals surface area contributed by atoms with E-state index in [2.05, 4.69) is 32.0 Å². The molecule has 1 aliphatic rings. The minimum absolute atomic E-state index is 0.154. The molecule has 0 radical (unpaired) electrons. The molecule has 1 heterocycles. The fraction of sp³-hybridized carbons (Fsp3) is 0.375. The Labute approximate surface area is 230 Å². The molecule has 4 rings (SSSR count). The molecule has 0 saturated heterocycles. The summed E-state index contributed by atoms with van der Waals surface area (Å²) in [5, 5.41) is 9.25. The zero-order valence-electron chi connectivity index (χ0n) is 22.7. The van der Waals surface area contributed by atoms with E-state index in [9.17, 15) is 14.7 Å². The molecule has 3 aromatic rings. The molecule has 1 amide bonds. The van der Waals surface area contributed by atoms with E-state index < -0.39 is 0 Å². The van der Waals surface area contributed by atoms with Crippen LogP contribution in [0, 0.1) is 13.8 Å². The smallest absolute Gasteiger partial charge is 0.209 e. The van der Waals surface area contributed by atoms with Crippen molar-refractivity contribution in [3.8, 4) is 28.4 Å². The number of aldehydes is 1. The number of hydrogen-bond donors (Lipinski definition) is 1. The van der Waals surface area contributed by atoms with Gasteiger partial charge in [0.25, 0.3) is 0 Å². The number of ether oxygens (including phenoxy) is 3. The van der Waals surface area contributed by atoms with E-state index in [1.54, 1.807) is 4.90 Å². The first-order chi connectivity index (χ1) is 19.0. The van der Waals surface area contributed by atoms with Crippen molar-refractivity contribution < 1.29 is 28.9 Å². The highest BCUT2D eigenvalue weighted by Crippen LogP contribution is 2.38. The van der Waals surface area contributed by atoms with Gasteiger partial charge in [-0.1, -0.05) is 24.3 Å². The molecule has 1 unspecified atom stereocenters. The second-order valence-corrected chi connectivity index (χ2v) is 9.94. The van der Waals surface area contributed by atoms with E-state index in [1.165, 1.54) is 0 Å². The van der Waals surface area contributed by atoms with Gasteiger partial charge in [0, 0.05) is 37.1 Å². The third kappa shape index (κ3) is 7.39. The molecule has 7 nitrogen and oxygen atoms in total. The van der Waals surface area contributed by atoms with Gasteiger partial charge >= 0.3 is 0 Å².